The van der Waals surface area contributed by atoms with Crippen LogP contribution in [0.5, 0.6) is 0 Å². The van der Waals surface area contributed by atoms with Gasteiger partial charge in [0.1, 0.15) is 4.92 Å². The minimum atomic E-state index is -1.27. The number of aliphatic hydroxyl groups excluding tert-OH is 1. The van der Waals surface area contributed by atoms with Crippen LogP contribution in [0.1, 0.15) is 5.56 Å². The number of aliphatic hydroxyl groups is 1. The summed E-state index contributed by atoms with van der Waals surface area (Å²) in [6, 6.07) is 13.8. The van der Waals surface area contributed by atoms with Gasteiger partial charge >= 0.3 is 24.9 Å². The van der Waals surface area contributed by atoms with Crippen LogP contribution >= 0.6 is 0 Å². The van der Waals surface area contributed by atoms with Crippen LogP contribution in [0.25, 0.3) is 5.76 Å². The number of nitro groups is 2. The van der Waals surface area contributed by atoms with Crippen LogP contribution in [-0.4, -0.2) is 15.0 Å². The van der Waals surface area contributed by atoms with E-state index < -0.39 is 31.1 Å². The standard InChI is InChI=1S/C14H9IN2O5/c18-13(10-4-2-1-3-5-10)14(17(21)22)15-11-6-8-12(9-7-11)16(19)20/h1-9H/p+1/b14-13+. The first-order chi connectivity index (χ1) is 10.5. The molecule has 0 heterocycles. The largest absolute Gasteiger partial charge is 0.519 e. The van der Waals surface area contributed by atoms with Gasteiger partial charge in [0, 0.05) is 17.7 Å². The highest BCUT2D eigenvalue weighted by Gasteiger charge is 2.37. The molecule has 0 aromatic heterocycles. The molecule has 2 aromatic carbocycles. The fraction of sp³-hybridized carbons (Fsp3) is 0. The van der Waals surface area contributed by atoms with Gasteiger partial charge in [-0.2, -0.15) is 0 Å². The molecule has 1 N–H and O–H groups in total. The average Bonchev–Trinajstić information content (AvgIpc) is 2.53. The first-order valence-electron chi connectivity index (χ1n) is 6.01. The third-order valence-electron chi connectivity index (χ3n) is 2.64. The lowest BCUT2D eigenvalue weighted by atomic mass is 10.2. The molecule has 0 aliphatic heterocycles. The van der Waals surface area contributed by atoms with Crippen molar-refractivity contribution in [3.8, 4) is 0 Å². The molecule has 0 amide bonds. The summed E-state index contributed by atoms with van der Waals surface area (Å²) in [5.74, 6) is -0.364. The van der Waals surface area contributed by atoms with E-state index >= 15 is 0 Å². The zero-order chi connectivity index (χ0) is 16.1. The fourth-order valence-corrected chi connectivity index (χ4v) is 3.68. The predicted octanol–water partition coefficient (Wildman–Crippen LogP) is 0.0144. The van der Waals surface area contributed by atoms with Gasteiger partial charge in [-0.05, 0) is 12.1 Å². The minimum Gasteiger partial charge on any atom is -0.499 e. The number of non-ortho nitro benzene ring substituents is 1. The molecule has 7 nitrogen and oxygen atoms in total. The van der Waals surface area contributed by atoms with Crippen molar-refractivity contribution >= 4 is 11.4 Å². The second-order valence-electron chi connectivity index (χ2n) is 4.09. The summed E-state index contributed by atoms with van der Waals surface area (Å²) >= 11 is -1.27. The van der Waals surface area contributed by atoms with Crippen molar-refractivity contribution in [1.82, 2.24) is 0 Å². The summed E-state index contributed by atoms with van der Waals surface area (Å²) in [5, 5.41) is 31.9. The van der Waals surface area contributed by atoms with Crippen molar-refractivity contribution < 1.29 is 36.2 Å². The minimum absolute atomic E-state index is 0.0772. The van der Waals surface area contributed by atoms with Crippen molar-refractivity contribution in [3.05, 3.63) is 87.7 Å². The topological polar surface area (TPSA) is 107 Å². The van der Waals surface area contributed by atoms with E-state index in [4.69, 9.17) is 0 Å². The van der Waals surface area contributed by atoms with E-state index in [1.54, 1.807) is 30.3 Å². The second-order valence-corrected chi connectivity index (χ2v) is 6.90. The number of hydrogen-bond acceptors (Lipinski definition) is 5. The lowest BCUT2D eigenvalue weighted by Crippen LogP contribution is -3.61. The summed E-state index contributed by atoms with van der Waals surface area (Å²) in [7, 11) is 0. The van der Waals surface area contributed by atoms with Gasteiger partial charge in [-0.1, -0.05) is 30.3 Å². The Morgan fingerprint density at radius 2 is 1.55 bits per heavy atom. The number of rotatable bonds is 5. The van der Waals surface area contributed by atoms with Gasteiger partial charge in [-0.15, -0.1) is 0 Å². The Bertz CT molecular complexity index is 729. The molecule has 0 radical (unpaired) electrons. The molecule has 2 aromatic rings. The molecule has 2 rings (SSSR count). The van der Waals surface area contributed by atoms with E-state index in [9.17, 15) is 25.3 Å². The molecular formula is C14H10IN2O5+. The van der Waals surface area contributed by atoms with Gasteiger partial charge in [0.15, 0.2) is 0 Å². The first kappa shape index (κ1) is 15.9. The van der Waals surface area contributed by atoms with Crippen LogP contribution in [-0.2, 0) is 0 Å². The van der Waals surface area contributed by atoms with Gasteiger partial charge < -0.3 is 5.11 Å². The maximum atomic E-state index is 11.2. The predicted molar refractivity (Wildman–Crippen MR) is 74.8 cm³/mol. The molecule has 112 valence electrons. The van der Waals surface area contributed by atoms with Crippen molar-refractivity contribution in [2.45, 2.75) is 0 Å². The van der Waals surface area contributed by atoms with Crippen molar-refractivity contribution in [3.63, 3.8) is 0 Å². The van der Waals surface area contributed by atoms with Crippen molar-refractivity contribution in [2.75, 3.05) is 0 Å². The molecule has 0 unspecified atom stereocenters. The monoisotopic (exact) mass is 413 g/mol. The van der Waals surface area contributed by atoms with E-state index in [0.717, 1.165) is 0 Å². The molecule has 0 aliphatic rings. The van der Waals surface area contributed by atoms with Crippen LogP contribution in [0, 0.1) is 23.8 Å². The zero-order valence-electron chi connectivity index (χ0n) is 11.0. The highest BCUT2D eigenvalue weighted by atomic mass is 127. The lowest BCUT2D eigenvalue weighted by molar-refractivity contribution is -0.702. The maximum absolute atomic E-state index is 11.2. The van der Waals surface area contributed by atoms with Crippen LogP contribution in [0.15, 0.2) is 58.3 Å². The SMILES string of the molecule is O=[N+]([O-])/C([I+]c1ccc([N+](=O)[O-])cc1)=C(/O)c1ccccc1. The van der Waals surface area contributed by atoms with E-state index in [1.807, 2.05) is 0 Å². The molecule has 0 bridgehead atoms. The van der Waals surface area contributed by atoms with Crippen molar-refractivity contribution in [2.24, 2.45) is 0 Å². The third kappa shape index (κ3) is 3.79. The fourth-order valence-electron chi connectivity index (χ4n) is 1.61. The molecule has 0 fully saturated rings. The van der Waals surface area contributed by atoms with Crippen LogP contribution in [0.4, 0.5) is 5.69 Å². The Hall–Kier alpha value is -2.49. The second kappa shape index (κ2) is 6.98. The molecule has 0 atom stereocenters. The normalized spacial score (nSPS) is 11.6. The summed E-state index contributed by atoms with van der Waals surface area (Å²) < 4.78 is 0.359. The highest BCUT2D eigenvalue weighted by molar-refractivity contribution is 5.58. The smallest absolute Gasteiger partial charge is 0.499 e. The van der Waals surface area contributed by atoms with E-state index in [-0.39, 0.29) is 15.2 Å². The molecule has 0 saturated carbocycles. The molecular weight excluding hydrogens is 403 g/mol. The van der Waals surface area contributed by atoms with E-state index in [0.29, 0.717) is 9.13 Å². The quantitative estimate of drug-likeness (QED) is 0.245. The van der Waals surface area contributed by atoms with Crippen LogP contribution in [0.2, 0.25) is 0 Å². The van der Waals surface area contributed by atoms with Gasteiger partial charge in [0.05, 0.1) is 4.92 Å². The van der Waals surface area contributed by atoms with Crippen molar-refractivity contribution in [1.29, 1.82) is 0 Å². The van der Waals surface area contributed by atoms with Gasteiger partial charge in [0.25, 0.3) is 11.4 Å². The Kier molecular flexibility index (Phi) is 5.04. The summed E-state index contributed by atoms with van der Waals surface area (Å²) in [6.45, 7) is 0. The molecule has 22 heavy (non-hydrogen) atoms. The lowest BCUT2D eigenvalue weighted by Gasteiger charge is -1.95. The first-order valence-corrected chi connectivity index (χ1v) is 8.17. The van der Waals surface area contributed by atoms with E-state index in [1.165, 1.54) is 24.3 Å². The molecule has 0 saturated heterocycles. The number of nitro benzene ring substituents is 1. The Morgan fingerprint density at radius 1 is 0.955 bits per heavy atom. The Balaban J connectivity index is 2.33. The Morgan fingerprint density at radius 3 is 2.05 bits per heavy atom. The summed E-state index contributed by atoms with van der Waals surface area (Å²) in [5.41, 5.74) is 0.294. The number of hydrogen-bond donors (Lipinski definition) is 1. The van der Waals surface area contributed by atoms with Crippen LogP contribution in [0.3, 0.4) is 0 Å². The summed E-state index contributed by atoms with van der Waals surface area (Å²) in [6.07, 6.45) is 0. The molecule has 8 heteroatoms. The maximum Gasteiger partial charge on any atom is 0.519 e. The molecule has 0 spiro atoms. The van der Waals surface area contributed by atoms with Gasteiger partial charge in [0.2, 0.25) is 3.57 Å². The average molecular weight is 413 g/mol. The third-order valence-corrected chi connectivity index (χ3v) is 5.40. The number of benzene rings is 2. The number of halogens is 1. The number of nitrogens with zero attached hydrogens (tertiary/aromatic N) is 2. The summed E-state index contributed by atoms with van der Waals surface area (Å²) in [4.78, 5) is 20.7. The van der Waals surface area contributed by atoms with Gasteiger partial charge in [-0.3, -0.25) is 20.2 Å². The zero-order valence-corrected chi connectivity index (χ0v) is 13.2. The molecule has 0 aliphatic carbocycles. The highest BCUT2D eigenvalue weighted by Crippen LogP contribution is 2.12. The van der Waals surface area contributed by atoms with Crippen LogP contribution < -0.4 is 21.2 Å². The van der Waals surface area contributed by atoms with Gasteiger partial charge in [-0.25, -0.2) is 0 Å². The van der Waals surface area contributed by atoms with E-state index in [2.05, 4.69) is 0 Å². The Labute approximate surface area is 135 Å².